The molecule has 4 rings (SSSR count). The van der Waals surface area contributed by atoms with Gasteiger partial charge in [-0.05, 0) is 30.3 Å². The van der Waals surface area contributed by atoms with Gasteiger partial charge in [-0.15, -0.1) is 0 Å². The third-order valence-electron chi connectivity index (χ3n) is 5.38. The van der Waals surface area contributed by atoms with Gasteiger partial charge in [0, 0.05) is 55.5 Å². The number of nitrogens with one attached hydrogen (secondary N) is 1. The highest BCUT2D eigenvalue weighted by atomic mass is 19.4. The Kier molecular flexibility index (Phi) is 5.87. The second-order valence-corrected chi connectivity index (χ2v) is 7.46. The Hall–Kier alpha value is -2.71. The second-order valence-electron chi connectivity index (χ2n) is 7.46. The van der Waals surface area contributed by atoms with Crippen molar-refractivity contribution < 1.29 is 23.0 Å². The maximum absolute atomic E-state index is 13.3. The smallest absolute Gasteiger partial charge is 0.418 e. The lowest BCUT2D eigenvalue weighted by Gasteiger charge is -2.37. The Bertz CT molecular complexity index is 981. The van der Waals surface area contributed by atoms with Crippen LogP contribution in [0.15, 0.2) is 54.7 Å². The van der Waals surface area contributed by atoms with E-state index in [1.54, 1.807) is 11.0 Å². The molecule has 1 saturated heterocycles. The highest BCUT2D eigenvalue weighted by Gasteiger charge is 2.35. The molecule has 2 aromatic carbocycles. The van der Waals surface area contributed by atoms with Crippen molar-refractivity contribution >= 4 is 16.6 Å². The van der Waals surface area contributed by atoms with Gasteiger partial charge in [-0.2, -0.15) is 13.2 Å². The number of anilines is 1. The van der Waals surface area contributed by atoms with E-state index in [1.165, 1.54) is 12.1 Å². The van der Waals surface area contributed by atoms with Crippen molar-refractivity contribution in [3.05, 3.63) is 60.3 Å². The van der Waals surface area contributed by atoms with Gasteiger partial charge in [0.15, 0.2) is 0 Å². The van der Waals surface area contributed by atoms with Crippen LogP contribution in [-0.2, 0) is 6.18 Å². The van der Waals surface area contributed by atoms with E-state index in [0.29, 0.717) is 38.5 Å². The van der Waals surface area contributed by atoms with Crippen LogP contribution in [0.4, 0.5) is 18.9 Å². The van der Waals surface area contributed by atoms with E-state index in [2.05, 4.69) is 9.88 Å². The number of hydrogen-bond donors (Lipinski definition) is 2. The molecule has 2 heterocycles. The molecule has 5 nitrogen and oxygen atoms in total. The van der Waals surface area contributed by atoms with E-state index in [0.717, 1.165) is 17.0 Å². The van der Waals surface area contributed by atoms with Crippen molar-refractivity contribution in [1.82, 2.24) is 9.88 Å². The number of aromatic nitrogens is 1. The van der Waals surface area contributed by atoms with Gasteiger partial charge in [0.2, 0.25) is 0 Å². The third-order valence-corrected chi connectivity index (χ3v) is 5.38. The maximum Gasteiger partial charge on any atom is 0.418 e. The summed E-state index contributed by atoms with van der Waals surface area (Å²) in [6.45, 7) is 2.68. The second kappa shape index (κ2) is 8.57. The van der Waals surface area contributed by atoms with Crippen LogP contribution < -0.4 is 9.64 Å². The van der Waals surface area contributed by atoms with Crippen LogP contribution in [0.1, 0.15) is 5.56 Å². The molecule has 0 unspecified atom stereocenters. The van der Waals surface area contributed by atoms with Crippen LogP contribution in [0.5, 0.6) is 5.75 Å². The normalized spacial score (nSPS) is 16.7. The predicted octanol–water partition coefficient (Wildman–Crippen LogP) is 3.75. The number of benzene rings is 2. The first-order valence-electron chi connectivity index (χ1n) is 9.92. The van der Waals surface area contributed by atoms with Crippen molar-refractivity contribution in [2.75, 3.05) is 44.2 Å². The number of aromatic amines is 1. The summed E-state index contributed by atoms with van der Waals surface area (Å²) in [4.78, 5) is 6.93. The number of nitrogens with zero attached hydrogens (tertiary/aromatic N) is 2. The Balaban J connectivity index is 1.29. The summed E-state index contributed by atoms with van der Waals surface area (Å²) < 4.78 is 45.6. The molecule has 1 aliphatic heterocycles. The van der Waals surface area contributed by atoms with Gasteiger partial charge in [0.05, 0.1) is 5.56 Å². The standard InChI is InChI=1S/C22H24F3N3O2/c23-22(24,25)18-4-1-2-6-20(18)28-12-10-27(11-13-28)14-16(29)15-30-21-7-3-5-19-17(21)8-9-26-19/h1-9,16,26,29H,10-15H2/t16-/m0/s1. The van der Waals surface area contributed by atoms with Crippen molar-refractivity contribution in [2.24, 2.45) is 0 Å². The largest absolute Gasteiger partial charge is 0.490 e. The maximum atomic E-state index is 13.3. The number of H-pyrrole nitrogens is 1. The third kappa shape index (κ3) is 4.55. The van der Waals surface area contributed by atoms with E-state index < -0.39 is 17.8 Å². The van der Waals surface area contributed by atoms with Crippen LogP contribution >= 0.6 is 0 Å². The summed E-state index contributed by atoms with van der Waals surface area (Å²) in [5.41, 5.74) is 0.580. The van der Waals surface area contributed by atoms with Crippen molar-refractivity contribution in [1.29, 1.82) is 0 Å². The number of β-amino-alcohol motifs (C(OH)–C–C–N with tert-alkyl or cyclic N) is 1. The van der Waals surface area contributed by atoms with E-state index in [1.807, 2.05) is 30.5 Å². The molecule has 0 amide bonds. The van der Waals surface area contributed by atoms with Gasteiger partial charge in [-0.1, -0.05) is 18.2 Å². The number of piperazine rings is 1. The molecule has 2 N–H and O–H groups in total. The van der Waals surface area contributed by atoms with Crippen LogP contribution in [0.25, 0.3) is 10.9 Å². The molecule has 8 heteroatoms. The average molecular weight is 419 g/mol. The van der Waals surface area contributed by atoms with Crippen LogP contribution in [0, 0.1) is 0 Å². The lowest BCUT2D eigenvalue weighted by Crippen LogP contribution is -2.49. The van der Waals surface area contributed by atoms with Gasteiger partial charge in [0.25, 0.3) is 0 Å². The van der Waals surface area contributed by atoms with Crippen LogP contribution in [0.3, 0.4) is 0 Å². The molecular formula is C22H24F3N3O2. The number of ether oxygens (including phenoxy) is 1. The van der Waals surface area contributed by atoms with Gasteiger partial charge >= 0.3 is 6.18 Å². The first-order chi connectivity index (χ1) is 14.4. The molecule has 1 atom stereocenters. The fraction of sp³-hybridized carbons (Fsp3) is 0.364. The minimum atomic E-state index is -4.37. The monoisotopic (exact) mass is 419 g/mol. The topological polar surface area (TPSA) is 51.7 Å². The van der Waals surface area contributed by atoms with Gasteiger partial charge in [0.1, 0.15) is 18.5 Å². The van der Waals surface area contributed by atoms with Crippen molar-refractivity contribution in [2.45, 2.75) is 12.3 Å². The summed E-state index contributed by atoms with van der Waals surface area (Å²) in [6, 6.07) is 13.3. The van der Waals surface area contributed by atoms with Crippen LogP contribution in [0.2, 0.25) is 0 Å². The van der Waals surface area contributed by atoms with Gasteiger partial charge in [-0.25, -0.2) is 0 Å². The number of aliphatic hydroxyl groups excluding tert-OH is 1. The summed E-state index contributed by atoms with van der Waals surface area (Å²) in [7, 11) is 0. The molecule has 0 aliphatic carbocycles. The number of aliphatic hydroxyl groups is 1. The summed E-state index contributed by atoms with van der Waals surface area (Å²) >= 11 is 0. The molecule has 30 heavy (non-hydrogen) atoms. The Labute approximate surface area is 172 Å². The van der Waals surface area contributed by atoms with E-state index in [9.17, 15) is 18.3 Å². The lowest BCUT2D eigenvalue weighted by atomic mass is 10.1. The zero-order chi connectivity index (χ0) is 21.1. The zero-order valence-electron chi connectivity index (χ0n) is 16.4. The summed E-state index contributed by atoms with van der Waals surface area (Å²) in [5, 5.41) is 11.3. The molecule has 1 aliphatic rings. The molecule has 3 aromatic rings. The number of alkyl halides is 3. The Morgan fingerprint density at radius 2 is 1.77 bits per heavy atom. The van der Waals surface area contributed by atoms with E-state index in [4.69, 9.17) is 4.74 Å². The highest BCUT2D eigenvalue weighted by molar-refractivity contribution is 5.85. The number of halogens is 3. The quantitative estimate of drug-likeness (QED) is 0.639. The summed E-state index contributed by atoms with van der Waals surface area (Å²) in [6.07, 6.45) is -3.22. The van der Waals surface area contributed by atoms with E-state index in [-0.39, 0.29) is 12.3 Å². The number of rotatable bonds is 6. The Morgan fingerprint density at radius 1 is 1.00 bits per heavy atom. The first-order valence-corrected chi connectivity index (χ1v) is 9.92. The molecule has 1 aromatic heterocycles. The van der Waals surface area contributed by atoms with Crippen molar-refractivity contribution in [3.63, 3.8) is 0 Å². The fourth-order valence-electron chi connectivity index (χ4n) is 3.88. The molecule has 160 valence electrons. The average Bonchev–Trinajstić information content (AvgIpc) is 3.22. The first kappa shape index (κ1) is 20.6. The minimum absolute atomic E-state index is 0.154. The van der Waals surface area contributed by atoms with Crippen LogP contribution in [-0.4, -0.2) is 60.4 Å². The molecule has 0 saturated carbocycles. The zero-order valence-corrected chi connectivity index (χ0v) is 16.4. The van der Waals surface area contributed by atoms with E-state index >= 15 is 0 Å². The molecular weight excluding hydrogens is 395 g/mol. The fourth-order valence-corrected chi connectivity index (χ4v) is 3.88. The Morgan fingerprint density at radius 3 is 2.53 bits per heavy atom. The summed E-state index contributed by atoms with van der Waals surface area (Å²) in [5.74, 6) is 0.710. The SMILES string of the molecule is O[C@H](COc1cccc2[nH]ccc12)CN1CCN(c2ccccc2C(F)(F)F)CC1. The number of hydrogen-bond acceptors (Lipinski definition) is 4. The number of fused-ring (bicyclic) bond motifs is 1. The predicted molar refractivity (Wildman–Crippen MR) is 110 cm³/mol. The van der Waals surface area contributed by atoms with Gasteiger partial charge in [-0.3, -0.25) is 4.90 Å². The molecule has 0 spiro atoms. The van der Waals surface area contributed by atoms with Gasteiger partial charge < -0.3 is 19.7 Å². The molecule has 0 bridgehead atoms. The highest BCUT2D eigenvalue weighted by Crippen LogP contribution is 2.36. The van der Waals surface area contributed by atoms with Crippen molar-refractivity contribution in [3.8, 4) is 5.75 Å². The molecule has 1 fully saturated rings. The lowest BCUT2D eigenvalue weighted by molar-refractivity contribution is -0.137. The minimum Gasteiger partial charge on any atom is -0.490 e. The number of para-hydroxylation sites is 1. The molecule has 0 radical (unpaired) electrons.